The van der Waals surface area contributed by atoms with E-state index >= 15 is 0 Å². The Hall–Kier alpha value is -2.79. The van der Waals surface area contributed by atoms with Crippen molar-refractivity contribution in [3.05, 3.63) is 59.8 Å². The number of aryl methyl sites for hydroxylation is 1. The van der Waals surface area contributed by atoms with Crippen LogP contribution in [0.5, 0.6) is 11.5 Å². The molecule has 3 aromatic rings. The SMILES string of the molecule is Cc1cc(N2CCN(Cc3ccc4c(c3)OCO4)CC2)c2ccccc2n1. The van der Waals surface area contributed by atoms with E-state index in [0.717, 1.165) is 55.4 Å². The summed E-state index contributed by atoms with van der Waals surface area (Å²) in [6, 6.07) is 16.9. The second-order valence-electron chi connectivity index (χ2n) is 7.25. The summed E-state index contributed by atoms with van der Waals surface area (Å²) in [5, 5.41) is 1.24. The van der Waals surface area contributed by atoms with E-state index < -0.39 is 0 Å². The van der Waals surface area contributed by atoms with Gasteiger partial charge >= 0.3 is 0 Å². The van der Waals surface area contributed by atoms with E-state index in [4.69, 9.17) is 9.47 Å². The van der Waals surface area contributed by atoms with Crippen molar-refractivity contribution in [2.24, 2.45) is 0 Å². The Morgan fingerprint density at radius 3 is 2.63 bits per heavy atom. The minimum atomic E-state index is 0.330. The van der Waals surface area contributed by atoms with Crippen LogP contribution in [-0.2, 0) is 6.54 Å². The van der Waals surface area contributed by atoms with Crippen LogP contribution in [0.25, 0.3) is 10.9 Å². The van der Waals surface area contributed by atoms with Gasteiger partial charge in [0.05, 0.1) is 5.52 Å². The summed E-state index contributed by atoms with van der Waals surface area (Å²) in [6.07, 6.45) is 0. The zero-order valence-electron chi connectivity index (χ0n) is 15.5. The van der Waals surface area contributed by atoms with Crippen molar-refractivity contribution in [1.29, 1.82) is 0 Å². The number of para-hydroxylation sites is 1. The van der Waals surface area contributed by atoms with Crippen molar-refractivity contribution in [2.45, 2.75) is 13.5 Å². The fourth-order valence-electron chi connectivity index (χ4n) is 3.99. The summed E-state index contributed by atoms with van der Waals surface area (Å²) < 4.78 is 10.9. The molecular formula is C22H23N3O2. The second kappa shape index (κ2) is 6.74. The lowest BCUT2D eigenvalue weighted by molar-refractivity contribution is 0.174. The molecule has 0 amide bonds. The Kier molecular flexibility index (Phi) is 4.09. The van der Waals surface area contributed by atoms with Crippen molar-refractivity contribution in [3.63, 3.8) is 0 Å². The highest BCUT2D eigenvalue weighted by Crippen LogP contribution is 2.33. The molecule has 2 aromatic carbocycles. The van der Waals surface area contributed by atoms with Crippen LogP contribution in [0.1, 0.15) is 11.3 Å². The van der Waals surface area contributed by atoms with Gasteiger partial charge in [-0.2, -0.15) is 0 Å². The topological polar surface area (TPSA) is 37.8 Å². The van der Waals surface area contributed by atoms with Gasteiger partial charge in [-0.05, 0) is 36.8 Å². The third-order valence-electron chi connectivity index (χ3n) is 5.38. The lowest BCUT2D eigenvalue weighted by Crippen LogP contribution is -2.46. The van der Waals surface area contributed by atoms with E-state index in [-0.39, 0.29) is 0 Å². The van der Waals surface area contributed by atoms with E-state index in [1.807, 2.05) is 6.07 Å². The number of benzene rings is 2. The molecule has 0 atom stereocenters. The summed E-state index contributed by atoms with van der Waals surface area (Å²) >= 11 is 0. The Morgan fingerprint density at radius 2 is 1.74 bits per heavy atom. The van der Waals surface area contributed by atoms with E-state index in [2.05, 4.69) is 64.2 Å². The van der Waals surface area contributed by atoms with Gasteiger partial charge in [0.1, 0.15) is 0 Å². The van der Waals surface area contributed by atoms with E-state index in [1.54, 1.807) is 0 Å². The number of pyridine rings is 1. The minimum absolute atomic E-state index is 0.330. The normalized spacial score (nSPS) is 16.9. The molecule has 1 aromatic heterocycles. The molecule has 27 heavy (non-hydrogen) atoms. The highest BCUT2D eigenvalue weighted by Gasteiger charge is 2.20. The predicted octanol–water partition coefficient (Wildman–Crippen LogP) is 3.59. The third-order valence-corrected chi connectivity index (χ3v) is 5.38. The molecule has 0 aliphatic carbocycles. The van der Waals surface area contributed by atoms with Crippen molar-refractivity contribution < 1.29 is 9.47 Å². The van der Waals surface area contributed by atoms with E-state index in [0.29, 0.717) is 6.79 Å². The zero-order chi connectivity index (χ0) is 18.2. The van der Waals surface area contributed by atoms with Crippen LogP contribution in [-0.4, -0.2) is 42.9 Å². The fraction of sp³-hybridized carbons (Fsp3) is 0.318. The van der Waals surface area contributed by atoms with Gasteiger partial charge in [0.2, 0.25) is 6.79 Å². The van der Waals surface area contributed by atoms with E-state index in [9.17, 15) is 0 Å². The molecule has 0 bridgehead atoms. The first kappa shape index (κ1) is 16.4. The first-order valence-electron chi connectivity index (χ1n) is 9.48. The molecule has 0 saturated carbocycles. The summed E-state index contributed by atoms with van der Waals surface area (Å²) in [5.74, 6) is 1.72. The number of aromatic nitrogens is 1. The van der Waals surface area contributed by atoms with Crippen LogP contribution >= 0.6 is 0 Å². The predicted molar refractivity (Wildman–Crippen MR) is 107 cm³/mol. The van der Waals surface area contributed by atoms with Gasteiger partial charge in [0.15, 0.2) is 11.5 Å². The minimum Gasteiger partial charge on any atom is -0.454 e. The van der Waals surface area contributed by atoms with Crippen LogP contribution < -0.4 is 14.4 Å². The van der Waals surface area contributed by atoms with Crippen LogP contribution in [0.2, 0.25) is 0 Å². The highest BCUT2D eigenvalue weighted by atomic mass is 16.7. The molecule has 1 saturated heterocycles. The summed E-state index contributed by atoms with van der Waals surface area (Å²) in [4.78, 5) is 9.67. The molecule has 5 rings (SSSR count). The maximum Gasteiger partial charge on any atom is 0.231 e. The molecule has 5 heteroatoms. The third kappa shape index (κ3) is 3.19. The fourth-order valence-corrected chi connectivity index (χ4v) is 3.99. The quantitative estimate of drug-likeness (QED) is 0.713. The van der Waals surface area contributed by atoms with E-state index in [1.165, 1.54) is 16.6 Å². The summed E-state index contributed by atoms with van der Waals surface area (Å²) in [6.45, 7) is 7.49. The highest BCUT2D eigenvalue weighted by molar-refractivity contribution is 5.92. The number of fused-ring (bicyclic) bond motifs is 2. The average Bonchev–Trinajstić information content (AvgIpc) is 3.16. The number of hydrogen-bond donors (Lipinski definition) is 0. The maximum absolute atomic E-state index is 5.50. The molecule has 0 radical (unpaired) electrons. The molecule has 0 unspecified atom stereocenters. The molecule has 138 valence electrons. The maximum atomic E-state index is 5.50. The monoisotopic (exact) mass is 361 g/mol. The molecular weight excluding hydrogens is 338 g/mol. The number of rotatable bonds is 3. The summed E-state index contributed by atoms with van der Waals surface area (Å²) in [7, 11) is 0. The number of piperazine rings is 1. The smallest absolute Gasteiger partial charge is 0.231 e. The van der Waals surface area contributed by atoms with Crippen LogP contribution in [0, 0.1) is 6.92 Å². The lowest BCUT2D eigenvalue weighted by atomic mass is 10.1. The first-order chi connectivity index (χ1) is 13.3. The molecule has 3 heterocycles. The molecule has 2 aliphatic heterocycles. The van der Waals surface area contributed by atoms with Crippen molar-refractivity contribution in [1.82, 2.24) is 9.88 Å². The van der Waals surface area contributed by atoms with Gasteiger partial charge in [-0.3, -0.25) is 9.88 Å². The lowest BCUT2D eigenvalue weighted by Gasteiger charge is -2.36. The largest absolute Gasteiger partial charge is 0.454 e. The molecule has 5 nitrogen and oxygen atoms in total. The molecule has 2 aliphatic rings. The Morgan fingerprint density at radius 1 is 0.926 bits per heavy atom. The van der Waals surface area contributed by atoms with Crippen molar-refractivity contribution in [3.8, 4) is 11.5 Å². The van der Waals surface area contributed by atoms with Crippen molar-refractivity contribution in [2.75, 3.05) is 37.9 Å². The van der Waals surface area contributed by atoms with Crippen molar-refractivity contribution >= 4 is 16.6 Å². The van der Waals surface area contributed by atoms with Crippen LogP contribution in [0.15, 0.2) is 48.5 Å². The zero-order valence-corrected chi connectivity index (χ0v) is 15.5. The Labute approximate surface area is 159 Å². The van der Waals surface area contributed by atoms with Gasteiger partial charge in [-0.1, -0.05) is 24.3 Å². The van der Waals surface area contributed by atoms with Crippen LogP contribution in [0.3, 0.4) is 0 Å². The summed E-state index contributed by atoms with van der Waals surface area (Å²) in [5.41, 5.74) is 4.74. The van der Waals surface area contributed by atoms with Gasteiger partial charge in [-0.15, -0.1) is 0 Å². The number of nitrogens with zero attached hydrogens (tertiary/aromatic N) is 3. The van der Waals surface area contributed by atoms with Gasteiger partial charge in [-0.25, -0.2) is 0 Å². The second-order valence-corrected chi connectivity index (χ2v) is 7.25. The molecule has 0 spiro atoms. The van der Waals surface area contributed by atoms with Gasteiger partial charge < -0.3 is 14.4 Å². The standard InChI is InChI=1S/C22H23N3O2/c1-16-12-20(18-4-2-3-5-19(18)23-16)25-10-8-24(9-11-25)14-17-6-7-21-22(13-17)27-15-26-21/h2-7,12-13H,8-11,14-15H2,1H3. The number of hydrogen-bond acceptors (Lipinski definition) is 5. The first-order valence-corrected chi connectivity index (χ1v) is 9.48. The molecule has 0 N–H and O–H groups in total. The average molecular weight is 361 g/mol. The number of ether oxygens (including phenoxy) is 2. The Balaban J connectivity index is 1.29. The Bertz CT molecular complexity index is 980. The van der Waals surface area contributed by atoms with Gasteiger partial charge in [0.25, 0.3) is 0 Å². The molecule has 1 fully saturated rings. The van der Waals surface area contributed by atoms with Crippen LogP contribution in [0.4, 0.5) is 5.69 Å². The number of anilines is 1. The van der Waals surface area contributed by atoms with Gasteiger partial charge in [0, 0.05) is 49.5 Å².